The molecule has 0 unspecified atom stereocenters. The third-order valence-corrected chi connectivity index (χ3v) is 4.64. The van der Waals surface area contributed by atoms with Gasteiger partial charge < -0.3 is 10.1 Å². The van der Waals surface area contributed by atoms with E-state index in [1.807, 2.05) is 5.32 Å². The Hall–Kier alpha value is -4.47. The van der Waals surface area contributed by atoms with Gasteiger partial charge in [-0.15, -0.1) is 0 Å². The smallest absolute Gasteiger partial charge is 0.359 e. The summed E-state index contributed by atoms with van der Waals surface area (Å²) in [6, 6.07) is 16.1. The molecule has 0 atom stereocenters. The molecule has 0 radical (unpaired) electrons. The molecule has 0 aliphatic rings. The zero-order valence-electron chi connectivity index (χ0n) is 16.7. The highest BCUT2D eigenvalue weighted by atomic mass is 19.2. The van der Waals surface area contributed by atoms with Crippen molar-refractivity contribution in [2.45, 2.75) is 0 Å². The van der Waals surface area contributed by atoms with E-state index in [0.29, 0.717) is 11.8 Å². The number of esters is 1. The van der Waals surface area contributed by atoms with Gasteiger partial charge in [0.05, 0.1) is 16.8 Å². The Morgan fingerprint density at radius 2 is 1.55 bits per heavy atom. The number of rotatable bonds is 5. The minimum Gasteiger partial charge on any atom is -0.451 e. The van der Waals surface area contributed by atoms with Crippen LogP contribution in [0.4, 0.5) is 18.9 Å². The van der Waals surface area contributed by atoms with Crippen LogP contribution in [0.25, 0.3) is 16.5 Å². The molecule has 33 heavy (non-hydrogen) atoms. The van der Waals surface area contributed by atoms with Gasteiger partial charge in [0, 0.05) is 5.39 Å². The van der Waals surface area contributed by atoms with Crippen LogP contribution in [0.1, 0.15) is 10.5 Å². The number of carbonyl (C=O) groups is 2. The first kappa shape index (κ1) is 21.8. The second-order valence-corrected chi connectivity index (χ2v) is 6.79. The van der Waals surface area contributed by atoms with Crippen LogP contribution in [0, 0.1) is 17.5 Å². The van der Waals surface area contributed by atoms with Crippen molar-refractivity contribution in [2.24, 2.45) is 0 Å². The van der Waals surface area contributed by atoms with E-state index >= 15 is 0 Å². The number of ether oxygens (including phenoxy) is 1. The maximum Gasteiger partial charge on any atom is 0.359 e. The fourth-order valence-corrected chi connectivity index (χ4v) is 3.09. The lowest BCUT2D eigenvalue weighted by Crippen LogP contribution is -2.27. The summed E-state index contributed by atoms with van der Waals surface area (Å²) in [5.41, 5.74) is -0.884. The molecule has 0 bridgehead atoms. The van der Waals surface area contributed by atoms with Crippen LogP contribution in [0.5, 0.6) is 0 Å². The zero-order chi connectivity index (χ0) is 23.5. The van der Waals surface area contributed by atoms with Crippen LogP contribution in [0.3, 0.4) is 0 Å². The predicted molar refractivity (Wildman–Crippen MR) is 113 cm³/mol. The standard InChI is InChI=1S/C23H14F3N3O4/c24-16-10-11-17(20(26)19(16)25)27-18(30)12-33-23(32)21-14-8-4-5-9-15(14)22(31)29(28-21)13-6-2-1-3-7-13/h1-11H,12H2,(H,27,30). The van der Waals surface area contributed by atoms with Crippen molar-refractivity contribution in [3.8, 4) is 5.69 Å². The van der Waals surface area contributed by atoms with Gasteiger partial charge in [0.2, 0.25) is 0 Å². The van der Waals surface area contributed by atoms with Gasteiger partial charge >= 0.3 is 5.97 Å². The van der Waals surface area contributed by atoms with Gasteiger partial charge in [-0.1, -0.05) is 36.4 Å². The molecular formula is C23H14F3N3O4. The lowest BCUT2D eigenvalue weighted by molar-refractivity contribution is -0.119. The number of fused-ring (bicyclic) bond motifs is 1. The number of anilines is 1. The van der Waals surface area contributed by atoms with E-state index in [1.165, 1.54) is 12.1 Å². The Morgan fingerprint density at radius 1 is 0.879 bits per heavy atom. The van der Waals surface area contributed by atoms with E-state index in [2.05, 4.69) is 5.10 Å². The summed E-state index contributed by atoms with van der Waals surface area (Å²) in [7, 11) is 0. The molecule has 10 heteroatoms. The number of halogens is 3. The Morgan fingerprint density at radius 3 is 2.27 bits per heavy atom. The topological polar surface area (TPSA) is 90.3 Å². The molecular weight excluding hydrogens is 439 g/mol. The minimum absolute atomic E-state index is 0.205. The van der Waals surface area contributed by atoms with E-state index in [4.69, 9.17) is 4.74 Å². The molecule has 4 aromatic rings. The summed E-state index contributed by atoms with van der Waals surface area (Å²) in [4.78, 5) is 37.6. The van der Waals surface area contributed by atoms with E-state index in [9.17, 15) is 27.6 Å². The molecule has 0 spiro atoms. The predicted octanol–water partition coefficient (Wildman–Crippen LogP) is 3.60. The number of carbonyl (C=O) groups excluding carboxylic acids is 2. The van der Waals surface area contributed by atoms with E-state index in [-0.39, 0.29) is 16.5 Å². The van der Waals surface area contributed by atoms with Gasteiger partial charge in [-0.3, -0.25) is 9.59 Å². The third kappa shape index (κ3) is 4.31. The third-order valence-electron chi connectivity index (χ3n) is 4.64. The highest BCUT2D eigenvalue weighted by molar-refractivity contribution is 6.03. The number of hydrogen-bond donors (Lipinski definition) is 1. The Labute approximate surface area is 184 Å². The molecule has 3 aromatic carbocycles. The second kappa shape index (κ2) is 8.95. The molecule has 1 heterocycles. The second-order valence-electron chi connectivity index (χ2n) is 6.79. The average molecular weight is 453 g/mol. The highest BCUT2D eigenvalue weighted by Crippen LogP contribution is 2.20. The number of amides is 1. The van der Waals surface area contributed by atoms with Crippen LogP contribution in [-0.4, -0.2) is 28.3 Å². The number of para-hydroxylation sites is 1. The number of aromatic nitrogens is 2. The SMILES string of the molecule is O=C(COC(=O)c1nn(-c2ccccc2)c(=O)c2ccccc12)Nc1ccc(F)c(F)c1F. The fourth-order valence-electron chi connectivity index (χ4n) is 3.09. The maximum absolute atomic E-state index is 13.7. The summed E-state index contributed by atoms with van der Waals surface area (Å²) in [6.07, 6.45) is 0. The van der Waals surface area contributed by atoms with Crippen LogP contribution >= 0.6 is 0 Å². The quantitative estimate of drug-likeness (QED) is 0.368. The minimum atomic E-state index is -1.75. The van der Waals surface area contributed by atoms with Crippen molar-refractivity contribution >= 4 is 28.3 Å². The lowest BCUT2D eigenvalue weighted by atomic mass is 10.1. The molecule has 0 saturated carbocycles. The molecule has 0 saturated heterocycles. The Bertz CT molecular complexity index is 1440. The monoisotopic (exact) mass is 453 g/mol. The number of benzene rings is 3. The molecule has 0 fully saturated rings. The van der Waals surface area contributed by atoms with Gasteiger partial charge in [0.25, 0.3) is 11.5 Å². The molecule has 1 amide bonds. The average Bonchev–Trinajstić information content (AvgIpc) is 2.84. The summed E-state index contributed by atoms with van der Waals surface area (Å²) < 4.78 is 46.1. The molecule has 7 nitrogen and oxygen atoms in total. The number of nitrogens with zero attached hydrogens (tertiary/aromatic N) is 2. The van der Waals surface area contributed by atoms with Crippen molar-refractivity contribution in [3.05, 3.63) is 100 Å². The van der Waals surface area contributed by atoms with Crippen LogP contribution in [0.15, 0.2) is 71.5 Å². The molecule has 1 aromatic heterocycles. The molecule has 0 aliphatic carbocycles. The number of nitrogens with one attached hydrogen (secondary N) is 1. The van der Waals surface area contributed by atoms with Crippen molar-refractivity contribution < 1.29 is 27.5 Å². The fraction of sp³-hybridized carbons (Fsp3) is 0.0435. The first-order chi connectivity index (χ1) is 15.9. The summed E-state index contributed by atoms with van der Waals surface area (Å²) >= 11 is 0. The van der Waals surface area contributed by atoms with Gasteiger partial charge in [0.1, 0.15) is 0 Å². The lowest BCUT2D eigenvalue weighted by Gasteiger charge is -2.11. The number of hydrogen-bond acceptors (Lipinski definition) is 5. The van der Waals surface area contributed by atoms with E-state index in [1.54, 1.807) is 42.5 Å². The Kier molecular flexibility index (Phi) is 5.90. The molecule has 166 valence electrons. The van der Waals surface area contributed by atoms with Crippen molar-refractivity contribution in [3.63, 3.8) is 0 Å². The molecule has 0 aliphatic heterocycles. The van der Waals surface area contributed by atoms with Crippen LogP contribution < -0.4 is 10.9 Å². The summed E-state index contributed by atoms with van der Waals surface area (Å²) in [5.74, 6) is -6.75. The van der Waals surface area contributed by atoms with Crippen molar-refractivity contribution in [1.29, 1.82) is 0 Å². The zero-order valence-corrected chi connectivity index (χ0v) is 16.7. The first-order valence-electron chi connectivity index (χ1n) is 9.55. The molecule has 4 rings (SSSR count). The molecule has 1 N–H and O–H groups in total. The first-order valence-corrected chi connectivity index (χ1v) is 9.55. The Balaban J connectivity index is 1.60. The van der Waals surface area contributed by atoms with Crippen LogP contribution in [-0.2, 0) is 9.53 Å². The van der Waals surface area contributed by atoms with Crippen molar-refractivity contribution in [1.82, 2.24) is 9.78 Å². The van der Waals surface area contributed by atoms with Gasteiger partial charge in [0.15, 0.2) is 29.8 Å². The maximum atomic E-state index is 13.7. The highest BCUT2D eigenvalue weighted by Gasteiger charge is 2.21. The van der Waals surface area contributed by atoms with Gasteiger partial charge in [-0.05, 0) is 30.3 Å². The largest absolute Gasteiger partial charge is 0.451 e. The van der Waals surface area contributed by atoms with E-state index < -0.39 is 47.2 Å². The van der Waals surface area contributed by atoms with Gasteiger partial charge in [-0.2, -0.15) is 9.78 Å². The summed E-state index contributed by atoms with van der Waals surface area (Å²) in [5, 5.41) is 6.53. The van der Waals surface area contributed by atoms with Crippen molar-refractivity contribution in [2.75, 3.05) is 11.9 Å². The van der Waals surface area contributed by atoms with Crippen LogP contribution in [0.2, 0.25) is 0 Å². The summed E-state index contributed by atoms with van der Waals surface area (Å²) in [6.45, 7) is -0.863. The van der Waals surface area contributed by atoms with E-state index in [0.717, 1.165) is 10.7 Å². The normalized spacial score (nSPS) is 10.8. The van der Waals surface area contributed by atoms with Gasteiger partial charge in [-0.25, -0.2) is 18.0 Å².